The van der Waals surface area contributed by atoms with Gasteiger partial charge in [-0.3, -0.25) is 0 Å². The molecule has 0 spiro atoms. The summed E-state index contributed by atoms with van der Waals surface area (Å²) in [5.41, 5.74) is 0. The predicted molar refractivity (Wildman–Crippen MR) is 47.6 cm³/mol. The van der Waals surface area contributed by atoms with Crippen molar-refractivity contribution < 1.29 is 4.48 Å². The fraction of sp³-hybridized carbons (Fsp3) is 0.667. The van der Waals surface area contributed by atoms with Gasteiger partial charge < -0.3 is 4.48 Å². The molecule has 0 aliphatic carbocycles. The molecule has 0 aliphatic rings. The van der Waals surface area contributed by atoms with Gasteiger partial charge in [0.15, 0.2) is 0 Å². The zero-order chi connectivity index (χ0) is 5.91. The SMILES string of the molecule is C=CC[N+](C)(C)C.Cl.Cl. The molecule has 3 heteroatoms. The molecule has 0 N–H and O–H groups in total. The first-order valence-corrected chi connectivity index (χ1v) is 2.47. The highest BCUT2D eigenvalue weighted by Crippen LogP contribution is 1.86. The number of rotatable bonds is 2. The van der Waals surface area contributed by atoms with Crippen molar-refractivity contribution in [2.75, 3.05) is 27.7 Å². The Balaban J connectivity index is -0.000000180. The molecule has 0 amide bonds. The zero-order valence-electron chi connectivity index (χ0n) is 6.26. The lowest BCUT2D eigenvalue weighted by molar-refractivity contribution is -0.864. The summed E-state index contributed by atoms with van der Waals surface area (Å²) in [5, 5.41) is 0. The Labute approximate surface area is 70.2 Å². The fourth-order valence-electron chi connectivity index (χ4n) is 0.387. The van der Waals surface area contributed by atoms with E-state index in [2.05, 4.69) is 27.7 Å². The highest BCUT2D eigenvalue weighted by molar-refractivity contribution is 5.85. The topological polar surface area (TPSA) is 0 Å². The Morgan fingerprint density at radius 3 is 1.56 bits per heavy atom. The number of hydrogen-bond acceptors (Lipinski definition) is 0. The van der Waals surface area contributed by atoms with E-state index in [4.69, 9.17) is 0 Å². The molecule has 0 saturated heterocycles. The van der Waals surface area contributed by atoms with Gasteiger partial charge in [-0.15, -0.1) is 24.8 Å². The standard InChI is InChI=1S/C6H14N.2ClH/c1-5-6-7(2,3)4;;/h5H,1,6H2,2-4H3;2*1H/q+1;;. The highest BCUT2D eigenvalue weighted by Gasteiger charge is 1.99. The number of halogens is 2. The van der Waals surface area contributed by atoms with Crippen LogP contribution in [0.25, 0.3) is 0 Å². The van der Waals surface area contributed by atoms with Gasteiger partial charge in [0.2, 0.25) is 0 Å². The zero-order valence-corrected chi connectivity index (χ0v) is 7.89. The van der Waals surface area contributed by atoms with Crippen molar-refractivity contribution >= 4 is 24.8 Å². The van der Waals surface area contributed by atoms with Crippen LogP contribution in [0.1, 0.15) is 0 Å². The molecular weight excluding hydrogens is 157 g/mol. The van der Waals surface area contributed by atoms with E-state index in [1.807, 2.05) is 6.08 Å². The average molecular weight is 173 g/mol. The van der Waals surface area contributed by atoms with E-state index in [1.54, 1.807) is 0 Å². The third-order valence-corrected chi connectivity index (χ3v) is 0.677. The molecule has 0 bridgehead atoms. The molecule has 0 heterocycles. The second-order valence-electron chi connectivity index (χ2n) is 2.76. The van der Waals surface area contributed by atoms with Gasteiger partial charge in [0.1, 0.15) is 0 Å². The highest BCUT2D eigenvalue weighted by atomic mass is 35.5. The first-order valence-electron chi connectivity index (χ1n) is 2.47. The second kappa shape index (κ2) is 6.40. The monoisotopic (exact) mass is 172 g/mol. The van der Waals surface area contributed by atoms with E-state index < -0.39 is 0 Å². The molecule has 0 aromatic rings. The van der Waals surface area contributed by atoms with Crippen molar-refractivity contribution in [1.82, 2.24) is 0 Å². The molecule has 0 saturated carbocycles. The number of quaternary nitrogens is 1. The lowest BCUT2D eigenvalue weighted by Crippen LogP contribution is -2.33. The summed E-state index contributed by atoms with van der Waals surface area (Å²) in [6, 6.07) is 0. The molecule has 58 valence electrons. The first-order chi connectivity index (χ1) is 3.06. The predicted octanol–water partition coefficient (Wildman–Crippen LogP) is 1.72. The van der Waals surface area contributed by atoms with E-state index in [1.165, 1.54) is 0 Å². The molecule has 0 aromatic carbocycles. The number of likely N-dealkylation sites (N-methyl/N-ethyl adjacent to an activating group) is 1. The van der Waals surface area contributed by atoms with Crippen molar-refractivity contribution in [1.29, 1.82) is 0 Å². The van der Waals surface area contributed by atoms with E-state index in [0.717, 1.165) is 11.0 Å². The minimum atomic E-state index is 0. The van der Waals surface area contributed by atoms with Crippen LogP contribution in [0, 0.1) is 0 Å². The van der Waals surface area contributed by atoms with E-state index in [-0.39, 0.29) is 24.8 Å². The molecule has 0 rings (SSSR count). The van der Waals surface area contributed by atoms with Crippen LogP contribution >= 0.6 is 24.8 Å². The van der Waals surface area contributed by atoms with Crippen LogP contribution in [-0.2, 0) is 0 Å². The normalized spacial score (nSPS) is 8.78. The molecule has 0 atom stereocenters. The maximum atomic E-state index is 3.63. The van der Waals surface area contributed by atoms with Crippen LogP contribution in [0.5, 0.6) is 0 Å². The third kappa shape index (κ3) is 17.8. The number of nitrogens with zero attached hydrogens (tertiary/aromatic N) is 1. The molecule has 0 aliphatic heterocycles. The summed E-state index contributed by atoms with van der Waals surface area (Å²) in [7, 11) is 6.42. The molecular formula is C6H16Cl2N+. The Morgan fingerprint density at radius 1 is 1.22 bits per heavy atom. The molecule has 0 fully saturated rings. The summed E-state index contributed by atoms with van der Waals surface area (Å²) < 4.78 is 0.976. The summed E-state index contributed by atoms with van der Waals surface area (Å²) >= 11 is 0. The minimum absolute atomic E-state index is 0. The average Bonchev–Trinajstić information content (AvgIpc) is 1.30. The second-order valence-corrected chi connectivity index (χ2v) is 2.76. The van der Waals surface area contributed by atoms with Gasteiger partial charge in [0.05, 0.1) is 27.7 Å². The Bertz CT molecular complexity index is 65.9. The molecule has 1 nitrogen and oxygen atoms in total. The Morgan fingerprint density at radius 2 is 1.56 bits per heavy atom. The summed E-state index contributed by atoms with van der Waals surface area (Å²) in [6.45, 7) is 4.67. The quantitative estimate of drug-likeness (QED) is 0.440. The summed E-state index contributed by atoms with van der Waals surface area (Å²) in [4.78, 5) is 0. The molecule has 0 unspecified atom stereocenters. The van der Waals surface area contributed by atoms with E-state index in [9.17, 15) is 0 Å². The van der Waals surface area contributed by atoms with Crippen molar-refractivity contribution in [3.63, 3.8) is 0 Å². The van der Waals surface area contributed by atoms with Crippen LogP contribution in [0.15, 0.2) is 12.7 Å². The van der Waals surface area contributed by atoms with Crippen LogP contribution in [0.2, 0.25) is 0 Å². The van der Waals surface area contributed by atoms with Crippen LogP contribution < -0.4 is 0 Å². The minimum Gasteiger partial charge on any atom is -0.328 e. The van der Waals surface area contributed by atoms with Crippen molar-refractivity contribution in [2.24, 2.45) is 0 Å². The van der Waals surface area contributed by atoms with Crippen LogP contribution in [0.4, 0.5) is 0 Å². The Hall–Kier alpha value is 0.280. The first kappa shape index (κ1) is 16.1. The maximum absolute atomic E-state index is 3.63. The van der Waals surface area contributed by atoms with Gasteiger partial charge in [-0.2, -0.15) is 0 Å². The van der Waals surface area contributed by atoms with Gasteiger partial charge in [0.25, 0.3) is 0 Å². The van der Waals surface area contributed by atoms with Gasteiger partial charge in [-0.25, -0.2) is 0 Å². The maximum Gasteiger partial charge on any atom is 0.0964 e. The van der Waals surface area contributed by atoms with Gasteiger partial charge in [-0.05, 0) is 6.08 Å². The Kier molecular flexibility index (Phi) is 11.5. The van der Waals surface area contributed by atoms with E-state index in [0.29, 0.717) is 0 Å². The summed E-state index contributed by atoms with van der Waals surface area (Å²) in [6.07, 6.45) is 1.93. The smallest absolute Gasteiger partial charge is 0.0964 e. The summed E-state index contributed by atoms with van der Waals surface area (Å²) in [5.74, 6) is 0. The van der Waals surface area contributed by atoms with Crippen molar-refractivity contribution in [3.05, 3.63) is 12.7 Å². The van der Waals surface area contributed by atoms with Gasteiger partial charge in [0, 0.05) is 0 Å². The lowest BCUT2D eigenvalue weighted by Gasteiger charge is -2.21. The van der Waals surface area contributed by atoms with Crippen molar-refractivity contribution in [2.45, 2.75) is 0 Å². The number of hydrogen-bond donors (Lipinski definition) is 0. The van der Waals surface area contributed by atoms with Gasteiger partial charge >= 0.3 is 0 Å². The van der Waals surface area contributed by atoms with Gasteiger partial charge in [-0.1, -0.05) is 6.58 Å². The largest absolute Gasteiger partial charge is 0.328 e. The molecule has 0 radical (unpaired) electrons. The van der Waals surface area contributed by atoms with Crippen molar-refractivity contribution in [3.8, 4) is 0 Å². The van der Waals surface area contributed by atoms with E-state index >= 15 is 0 Å². The molecule has 9 heavy (non-hydrogen) atoms. The fourth-order valence-corrected chi connectivity index (χ4v) is 0.387. The lowest BCUT2D eigenvalue weighted by atomic mass is 10.5. The van der Waals surface area contributed by atoms with Crippen LogP contribution in [-0.4, -0.2) is 32.2 Å². The van der Waals surface area contributed by atoms with Crippen LogP contribution in [0.3, 0.4) is 0 Å². The third-order valence-electron chi connectivity index (χ3n) is 0.677. The molecule has 0 aromatic heterocycles.